The van der Waals surface area contributed by atoms with Crippen molar-refractivity contribution in [2.24, 2.45) is 0 Å². The lowest BCUT2D eigenvalue weighted by Crippen LogP contribution is -2.52. The molecule has 0 saturated carbocycles. The average Bonchev–Trinajstić information content (AvgIpc) is 2.27. The number of ether oxygens (including phenoxy) is 2. The standard InChI is InChI=1S/C13H24N2O3/c1-10-8-15(4-5-17-10)13(16)9-14-6-11(2)18-12(3)7-14/h10-12H,4-9H2,1-3H3/t10-,11-,12+/m1/s1. The van der Waals surface area contributed by atoms with Gasteiger partial charge >= 0.3 is 0 Å². The van der Waals surface area contributed by atoms with E-state index in [9.17, 15) is 4.79 Å². The molecule has 2 fully saturated rings. The van der Waals surface area contributed by atoms with Crippen LogP contribution in [0.25, 0.3) is 0 Å². The SMILES string of the molecule is C[C@@H]1CN(C(=O)CN2C[C@@H](C)O[C@@H](C)C2)CCO1. The summed E-state index contributed by atoms with van der Waals surface area (Å²) in [6.45, 7) is 10.4. The summed E-state index contributed by atoms with van der Waals surface area (Å²) in [7, 11) is 0. The molecule has 2 saturated heterocycles. The van der Waals surface area contributed by atoms with E-state index in [1.165, 1.54) is 0 Å². The maximum Gasteiger partial charge on any atom is 0.236 e. The maximum atomic E-state index is 12.2. The van der Waals surface area contributed by atoms with E-state index in [0.29, 0.717) is 19.7 Å². The van der Waals surface area contributed by atoms with Crippen LogP contribution < -0.4 is 0 Å². The van der Waals surface area contributed by atoms with Crippen molar-refractivity contribution in [3.63, 3.8) is 0 Å². The van der Waals surface area contributed by atoms with Crippen LogP contribution in [0.4, 0.5) is 0 Å². The van der Waals surface area contributed by atoms with Crippen molar-refractivity contribution >= 4 is 5.91 Å². The van der Waals surface area contributed by atoms with Crippen molar-refractivity contribution in [3.8, 4) is 0 Å². The molecule has 3 atom stereocenters. The zero-order valence-electron chi connectivity index (χ0n) is 11.6. The van der Waals surface area contributed by atoms with Gasteiger partial charge < -0.3 is 14.4 Å². The van der Waals surface area contributed by atoms with Crippen molar-refractivity contribution in [1.29, 1.82) is 0 Å². The van der Waals surface area contributed by atoms with Gasteiger partial charge in [0.25, 0.3) is 0 Å². The van der Waals surface area contributed by atoms with Gasteiger partial charge in [0.1, 0.15) is 0 Å². The second-order valence-electron chi connectivity index (χ2n) is 5.47. The van der Waals surface area contributed by atoms with E-state index >= 15 is 0 Å². The molecule has 0 aromatic carbocycles. The number of carbonyl (C=O) groups is 1. The molecule has 0 aliphatic carbocycles. The molecule has 2 aliphatic rings. The van der Waals surface area contributed by atoms with Gasteiger partial charge in [0, 0.05) is 26.2 Å². The number of carbonyl (C=O) groups excluding carboxylic acids is 1. The monoisotopic (exact) mass is 256 g/mol. The summed E-state index contributed by atoms with van der Waals surface area (Å²) in [6, 6.07) is 0. The quantitative estimate of drug-likeness (QED) is 0.714. The number of nitrogens with zero attached hydrogens (tertiary/aromatic N) is 2. The fourth-order valence-electron chi connectivity index (χ4n) is 2.75. The van der Waals surface area contributed by atoms with Gasteiger partial charge in [-0.05, 0) is 20.8 Å². The molecule has 0 radical (unpaired) electrons. The van der Waals surface area contributed by atoms with Crippen LogP contribution in [-0.2, 0) is 14.3 Å². The maximum absolute atomic E-state index is 12.2. The van der Waals surface area contributed by atoms with Gasteiger partial charge in [0.05, 0.1) is 31.5 Å². The third kappa shape index (κ3) is 3.67. The summed E-state index contributed by atoms with van der Waals surface area (Å²) in [5.41, 5.74) is 0. The molecule has 0 bridgehead atoms. The minimum atomic E-state index is 0.158. The molecule has 5 nitrogen and oxygen atoms in total. The van der Waals surface area contributed by atoms with E-state index in [0.717, 1.165) is 19.6 Å². The van der Waals surface area contributed by atoms with Crippen molar-refractivity contribution in [1.82, 2.24) is 9.80 Å². The second kappa shape index (κ2) is 5.99. The lowest BCUT2D eigenvalue weighted by atomic mass is 10.2. The van der Waals surface area contributed by atoms with Crippen molar-refractivity contribution < 1.29 is 14.3 Å². The van der Waals surface area contributed by atoms with Crippen LogP contribution in [0.3, 0.4) is 0 Å². The molecule has 5 heteroatoms. The first-order chi connectivity index (χ1) is 8.54. The highest BCUT2D eigenvalue weighted by Gasteiger charge is 2.27. The molecule has 0 aromatic heterocycles. The van der Waals surface area contributed by atoms with Crippen LogP contribution in [-0.4, -0.2) is 73.3 Å². The molecule has 2 rings (SSSR count). The average molecular weight is 256 g/mol. The van der Waals surface area contributed by atoms with Crippen LogP contribution in [0.2, 0.25) is 0 Å². The zero-order valence-corrected chi connectivity index (χ0v) is 11.6. The first-order valence-corrected chi connectivity index (χ1v) is 6.82. The fourth-order valence-corrected chi connectivity index (χ4v) is 2.75. The van der Waals surface area contributed by atoms with Crippen LogP contribution >= 0.6 is 0 Å². The number of rotatable bonds is 2. The van der Waals surface area contributed by atoms with Crippen molar-refractivity contribution in [2.75, 3.05) is 39.3 Å². The van der Waals surface area contributed by atoms with Gasteiger partial charge in [0.15, 0.2) is 0 Å². The minimum Gasteiger partial charge on any atom is -0.375 e. The number of morpholine rings is 2. The summed E-state index contributed by atoms with van der Waals surface area (Å²) in [5, 5.41) is 0. The Kier molecular flexibility index (Phi) is 4.59. The topological polar surface area (TPSA) is 42.0 Å². The van der Waals surface area contributed by atoms with E-state index in [1.54, 1.807) is 0 Å². The molecule has 18 heavy (non-hydrogen) atoms. The normalized spacial score (nSPS) is 34.6. The Morgan fingerprint density at radius 1 is 1.11 bits per heavy atom. The highest BCUT2D eigenvalue weighted by atomic mass is 16.5. The van der Waals surface area contributed by atoms with E-state index in [-0.39, 0.29) is 24.2 Å². The highest BCUT2D eigenvalue weighted by Crippen LogP contribution is 2.11. The van der Waals surface area contributed by atoms with Gasteiger partial charge in [-0.25, -0.2) is 0 Å². The Hall–Kier alpha value is -0.650. The van der Waals surface area contributed by atoms with Crippen molar-refractivity contribution in [3.05, 3.63) is 0 Å². The van der Waals surface area contributed by atoms with Gasteiger partial charge in [-0.3, -0.25) is 9.69 Å². The third-order valence-corrected chi connectivity index (χ3v) is 3.45. The first kappa shape index (κ1) is 13.8. The molecule has 0 N–H and O–H groups in total. The summed E-state index contributed by atoms with van der Waals surface area (Å²) in [6.07, 6.45) is 0.584. The third-order valence-electron chi connectivity index (χ3n) is 3.45. The summed E-state index contributed by atoms with van der Waals surface area (Å²) >= 11 is 0. The van der Waals surface area contributed by atoms with Crippen molar-refractivity contribution in [2.45, 2.75) is 39.1 Å². The van der Waals surface area contributed by atoms with E-state index in [1.807, 2.05) is 11.8 Å². The minimum absolute atomic E-state index is 0.158. The van der Waals surface area contributed by atoms with Crippen LogP contribution in [0.15, 0.2) is 0 Å². The van der Waals surface area contributed by atoms with E-state index < -0.39 is 0 Å². The predicted molar refractivity (Wildman–Crippen MR) is 68.4 cm³/mol. The molecule has 2 aliphatic heterocycles. The molecule has 2 heterocycles. The molecule has 104 valence electrons. The molecule has 1 amide bonds. The van der Waals surface area contributed by atoms with E-state index in [4.69, 9.17) is 9.47 Å². The van der Waals surface area contributed by atoms with Gasteiger partial charge in [0.2, 0.25) is 5.91 Å². The Morgan fingerprint density at radius 2 is 1.78 bits per heavy atom. The summed E-state index contributed by atoms with van der Waals surface area (Å²) in [4.78, 5) is 16.3. The van der Waals surface area contributed by atoms with Gasteiger partial charge in [-0.2, -0.15) is 0 Å². The molecule has 0 aromatic rings. The molecular formula is C13H24N2O3. The number of hydrogen-bond donors (Lipinski definition) is 0. The van der Waals surface area contributed by atoms with Crippen LogP contribution in [0.5, 0.6) is 0 Å². The largest absolute Gasteiger partial charge is 0.375 e. The van der Waals surface area contributed by atoms with E-state index in [2.05, 4.69) is 18.7 Å². The molecule has 0 spiro atoms. The Labute approximate surface area is 109 Å². The highest BCUT2D eigenvalue weighted by molar-refractivity contribution is 5.78. The van der Waals surface area contributed by atoms with Crippen LogP contribution in [0.1, 0.15) is 20.8 Å². The lowest BCUT2D eigenvalue weighted by molar-refractivity contribution is -0.142. The fraction of sp³-hybridized carbons (Fsp3) is 0.923. The first-order valence-electron chi connectivity index (χ1n) is 6.82. The second-order valence-corrected chi connectivity index (χ2v) is 5.47. The summed E-state index contributed by atoms with van der Waals surface area (Å²) in [5.74, 6) is 0.214. The van der Waals surface area contributed by atoms with Crippen LogP contribution in [0, 0.1) is 0 Å². The molecular weight excluding hydrogens is 232 g/mol. The smallest absolute Gasteiger partial charge is 0.236 e. The Bertz CT molecular complexity index is 288. The Balaban J connectivity index is 1.83. The lowest BCUT2D eigenvalue weighted by Gasteiger charge is -2.37. The Morgan fingerprint density at radius 3 is 2.39 bits per heavy atom. The zero-order chi connectivity index (χ0) is 13.1. The summed E-state index contributed by atoms with van der Waals surface area (Å²) < 4.78 is 11.1. The number of hydrogen-bond acceptors (Lipinski definition) is 4. The predicted octanol–water partition coefficient (Wildman–Crippen LogP) is 0.343. The number of amides is 1. The van der Waals surface area contributed by atoms with Gasteiger partial charge in [-0.15, -0.1) is 0 Å². The molecule has 0 unspecified atom stereocenters. The van der Waals surface area contributed by atoms with Gasteiger partial charge in [-0.1, -0.05) is 0 Å².